The Morgan fingerprint density at radius 2 is 1.89 bits per heavy atom. The van der Waals surface area contributed by atoms with Crippen LogP contribution in [0.1, 0.15) is 16.2 Å². The van der Waals surface area contributed by atoms with Crippen molar-refractivity contribution < 1.29 is 22.7 Å². The number of carbonyl (C=O) groups is 1. The highest BCUT2D eigenvalue weighted by atomic mass is 19.4. The van der Waals surface area contributed by atoms with Gasteiger partial charge in [0, 0.05) is 0 Å². The molecule has 0 bridgehead atoms. The summed E-state index contributed by atoms with van der Waals surface area (Å²) in [5, 5.41) is 6.62. The van der Waals surface area contributed by atoms with Crippen molar-refractivity contribution in [1.82, 2.24) is 15.0 Å². The molecule has 5 nitrogen and oxygen atoms in total. The molecule has 1 aromatic carbocycles. The first-order valence-electron chi connectivity index (χ1n) is 5.11. The maximum atomic E-state index is 13.0. The van der Waals surface area contributed by atoms with Gasteiger partial charge >= 0.3 is 12.1 Å². The number of alkyl halides is 3. The fourth-order valence-corrected chi connectivity index (χ4v) is 1.52. The molecule has 0 saturated carbocycles. The van der Waals surface area contributed by atoms with Crippen molar-refractivity contribution in [1.29, 1.82) is 0 Å². The zero-order chi connectivity index (χ0) is 14.0. The van der Waals surface area contributed by atoms with E-state index in [2.05, 4.69) is 15.0 Å². The monoisotopic (exact) mass is 271 g/mol. The van der Waals surface area contributed by atoms with Crippen molar-refractivity contribution in [2.24, 2.45) is 0 Å². The normalized spacial score (nSPS) is 11.4. The summed E-state index contributed by atoms with van der Waals surface area (Å²) < 4.78 is 43.9. The number of esters is 1. The van der Waals surface area contributed by atoms with Crippen molar-refractivity contribution in [3.63, 3.8) is 0 Å². The van der Waals surface area contributed by atoms with Crippen LogP contribution < -0.4 is 0 Å². The summed E-state index contributed by atoms with van der Waals surface area (Å²) in [7, 11) is 0.976. The number of para-hydroxylation sites is 1. The van der Waals surface area contributed by atoms with Crippen LogP contribution in [0.2, 0.25) is 0 Å². The van der Waals surface area contributed by atoms with Gasteiger partial charge in [-0.05, 0) is 12.1 Å². The number of rotatable bonds is 2. The molecule has 19 heavy (non-hydrogen) atoms. The number of aromatic nitrogens is 3. The van der Waals surface area contributed by atoms with Crippen LogP contribution in [0.5, 0.6) is 0 Å². The molecule has 100 valence electrons. The lowest BCUT2D eigenvalue weighted by molar-refractivity contribution is -0.143. The summed E-state index contributed by atoms with van der Waals surface area (Å²) in [5.74, 6) is -1.19. The number of hydrogen-bond donors (Lipinski definition) is 0. The first kappa shape index (κ1) is 13.1. The van der Waals surface area contributed by atoms with Crippen molar-refractivity contribution in [3.05, 3.63) is 41.7 Å². The lowest BCUT2D eigenvalue weighted by Crippen LogP contribution is -2.18. The molecule has 0 spiro atoms. The van der Waals surface area contributed by atoms with Crippen LogP contribution in [-0.4, -0.2) is 28.1 Å². The summed E-state index contributed by atoms with van der Waals surface area (Å²) in [6.45, 7) is 0. The molecule has 0 aliphatic carbocycles. The lowest BCUT2D eigenvalue weighted by atomic mass is 10.2. The molecule has 0 unspecified atom stereocenters. The van der Waals surface area contributed by atoms with E-state index in [1.807, 2.05) is 0 Å². The van der Waals surface area contributed by atoms with Crippen LogP contribution in [-0.2, 0) is 10.9 Å². The van der Waals surface area contributed by atoms with E-state index >= 15 is 0 Å². The SMILES string of the molecule is COC(=O)c1nnn(-c2ccccc2)c1C(F)(F)F. The third kappa shape index (κ3) is 2.42. The van der Waals surface area contributed by atoms with Gasteiger partial charge in [-0.25, -0.2) is 9.48 Å². The molecular formula is C11H8F3N3O2. The number of ether oxygens (including phenoxy) is 1. The third-order valence-electron chi connectivity index (χ3n) is 2.32. The molecular weight excluding hydrogens is 263 g/mol. The van der Waals surface area contributed by atoms with Gasteiger partial charge in [0.1, 0.15) is 0 Å². The number of halogens is 3. The summed E-state index contributed by atoms with van der Waals surface area (Å²) in [4.78, 5) is 11.3. The van der Waals surface area contributed by atoms with Crippen LogP contribution >= 0.6 is 0 Å². The maximum absolute atomic E-state index is 13.0. The van der Waals surface area contributed by atoms with Crippen LogP contribution in [0.15, 0.2) is 30.3 Å². The second-order valence-electron chi connectivity index (χ2n) is 3.52. The summed E-state index contributed by atoms with van der Waals surface area (Å²) in [6.07, 6.45) is -4.77. The van der Waals surface area contributed by atoms with Gasteiger partial charge in [0.2, 0.25) is 5.69 Å². The van der Waals surface area contributed by atoms with Crippen molar-refractivity contribution in [3.8, 4) is 5.69 Å². The minimum Gasteiger partial charge on any atom is -0.464 e. The van der Waals surface area contributed by atoms with Gasteiger partial charge in [0.15, 0.2) is 5.69 Å². The van der Waals surface area contributed by atoms with E-state index in [4.69, 9.17) is 0 Å². The molecule has 2 aromatic rings. The predicted molar refractivity (Wildman–Crippen MR) is 57.7 cm³/mol. The smallest absolute Gasteiger partial charge is 0.436 e. The number of hydrogen-bond acceptors (Lipinski definition) is 4. The van der Waals surface area contributed by atoms with Gasteiger partial charge in [-0.2, -0.15) is 13.2 Å². The average Bonchev–Trinajstić information content (AvgIpc) is 2.83. The molecule has 0 atom stereocenters. The van der Waals surface area contributed by atoms with Crippen molar-refractivity contribution in [2.75, 3.05) is 7.11 Å². The van der Waals surface area contributed by atoms with E-state index in [0.717, 1.165) is 7.11 Å². The Balaban J connectivity index is 2.64. The molecule has 2 rings (SSSR count). The minimum atomic E-state index is -4.77. The molecule has 0 amide bonds. The Hall–Kier alpha value is -2.38. The summed E-state index contributed by atoms with van der Waals surface area (Å²) in [5.41, 5.74) is -1.97. The quantitative estimate of drug-likeness (QED) is 0.785. The second kappa shape index (κ2) is 4.71. The number of methoxy groups -OCH3 is 1. The van der Waals surface area contributed by atoms with Crippen LogP contribution in [0.4, 0.5) is 13.2 Å². The molecule has 0 radical (unpaired) electrons. The first-order valence-corrected chi connectivity index (χ1v) is 5.11. The maximum Gasteiger partial charge on any atom is 0.436 e. The van der Waals surface area contributed by atoms with E-state index in [-0.39, 0.29) is 5.69 Å². The largest absolute Gasteiger partial charge is 0.464 e. The van der Waals surface area contributed by atoms with E-state index in [9.17, 15) is 18.0 Å². The molecule has 0 aliphatic heterocycles. The van der Waals surface area contributed by atoms with Gasteiger partial charge in [0.05, 0.1) is 12.8 Å². The number of nitrogens with zero attached hydrogens (tertiary/aromatic N) is 3. The fourth-order valence-electron chi connectivity index (χ4n) is 1.52. The molecule has 8 heteroatoms. The highest BCUT2D eigenvalue weighted by Crippen LogP contribution is 2.32. The molecule has 1 heterocycles. The Morgan fingerprint density at radius 1 is 1.26 bits per heavy atom. The Morgan fingerprint density at radius 3 is 2.42 bits per heavy atom. The minimum absolute atomic E-state index is 0.150. The van der Waals surface area contributed by atoms with Crippen molar-refractivity contribution in [2.45, 2.75) is 6.18 Å². The fraction of sp³-hybridized carbons (Fsp3) is 0.182. The lowest BCUT2D eigenvalue weighted by Gasteiger charge is -2.10. The zero-order valence-electron chi connectivity index (χ0n) is 9.68. The van der Waals surface area contributed by atoms with Gasteiger partial charge in [-0.3, -0.25) is 0 Å². The van der Waals surface area contributed by atoms with Crippen molar-refractivity contribution >= 4 is 5.97 Å². The second-order valence-corrected chi connectivity index (χ2v) is 3.52. The van der Waals surface area contributed by atoms with Crippen LogP contribution in [0, 0.1) is 0 Å². The molecule has 0 aliphatic rings. The zero-order valence-corrected chi connectivity index (χ0v) is 9.68. The average molecular weight is 271 g/mol. The molecule has 0 saturated heterocycles. The van der Waals surface area contributed by atoms with E-state index in [1.54, 1.807) is 18.2 Å². The highest BCUT2D eigenvalue weighted by molar-refractivity contribution is 5.88. The topological polar surface area (TPSA) is 57.0 Å². The molecule has 0 fully saturated rings. The Bertz CT molecular complexity index is 593. The highest BCUT2D eigenvalue weighted by Gasteiger charge is 2.42. The van der Waals surface area contributed by atoms with E-state index < -0.39 is 23.5 Å². The van der Waals surface area contributed by atoms with Crippen LogP contribution in [0.3, 0.4) is 0 Å². The van der Waals surface area contributed by atoms with E-state index in [0.29, 0.717) is 4.68 Å². The standard InChI is InChI=1S/C11H8F3N3O2/c1-19-10(18)8-9(11(12,13)14)17(16-15-8)7-5-3-2-4-6-7/h2-6H,1H3. The van der Waals surface area contributed by atoms with Gasteiger partial charge in [-0.15, -0.1) is 5.10 Å². The number of benzene rings is 1. The first-order chi connectivity index (χ1) is 8.95. The summed E-state index contributed by atoms with van der Waals surface area (Å²) in [6, 6.07) is 7.59. The van der Waals surface area contributed by atoms with Gasteiger partial charge < -0.3 is 4.74 Å². The van der Waals surface area contributed by atoms with E-state index in [1.165, 1.54) is 12.1 Å². The predicted octanol–water partition coefficient (Wildman–Crippen LogP) is 2.07. The Labute approximate surface area is 105 Å². The molecule has 0 N–H and O–H groups in total. The van der Waals surface area contributed by atoms with Crippen LogP contribution in [0.25, 0.3) is 5.69 Å². The summed E-state index contributed by atoms with van der Waals surface area (Å²) >= 11 is 0. The van der Waals surface area contributed by atoms with Gasteiger partial charge in [-0.1, -0.05) is 23.4 Å². The number of carbonyl (C=O) groups excluding carboxylic acids is 1. The Kier molecular flexibility index (Phi) is 3.24. The third-order valence-corrected chi connectivity index (χ3v) is 2.32. The molecule has 1 aromatic heterocycles. The van der Waals surface area contributed by atoms with Gasteiger partial charge in [0.25, 0.3) is 0 Å².